The third-order valence-corrected chi connectivity index (χ3v) is 4.34. The van der Waals surface area contributed by atoms with E-state index in [9.17, 15) is 4.79 Å². The second kappa shape index (κ2) is 7.81. The van der Waals surface area contributed by atoms with Gasteiger partial charge in [0.25, 0.3) is 0 Å². The molecule has 1 saturated heterocycles. The summed E-state index contributed by atoms with van der Waals surface area (Å²) in [7, 11) is 0. The molecule has 1 atom stereocenters. The molecular formula is C19H24N4O. The number of hydrogen-bond donors (Lipinski definition) is 2. The zero-order valence-corrected chi connectivity index (χ0v) is 14.0. The number of amides is 2. The summed E-state index contributed by atoms with van der Waals surface area (Å²) in [6.07, 6.45) is 4.32. The van der Waals surface area contributed by atoms with Gasteiger partial charge in [-0.05, 0) is 37.0 Å². The number of nitrogens with zero attached hydrogens (tertiary/aromatic N) is 2. The Hall–Kier alpha value is -2.56. The lowest BCUT2D eigenvalue weighted by Crippen LogP contribution is -2.36. The van der Waals surface area contributed by atoms with Crippen molar-refractivity contribution in [1.82, 2.24) is 15.6 Å². The van der Waals surface area contributed by atoms with Crippen LogP contribution in [0, 0.1) is 0 Å². The molecule has 24 heavy (non-hydrogen) atoms. The maximum absolute atomic E-state index is 12.0. The van der Waals surface area contributed by atoms with Crippen LogP contribution in [0.3, 0.4) is 0 Å². The van der Waals surface area contributed by atoms with E-state index in [1.807, 2.05) is 55.6 Å². The second-order valence-electron chi connectivity index (χ2n) is 6.18. The highest BCUT2D eigenvalue weighted by atomic mass is 16.2. The first-order valence-corrected chi connectivity index (χ1v) is 8.51. The Bertz CT molecular complexity index is 651. The molecule has 2 aromatic rings. The highest BCUT2D eigenvalue weighted by Crippen LogP contribution is 2.17. The van der Waals surface area contributed by atoms with Crippen LogP contribution >= 0.6 is 0 Å². The summed E-state index contributed by atoms with van der Waals surface area (Å²) in [4.78, 5) is 18.8. The highest BCUT2D eigenvalue weighted by molar-refractivity contribution is 5.74. The summed E-state index contributed by atoms with van der Waals surface area (Å²) in [5.74, 6) is 1.03. The van der Waals surface area contributed by atoms with Crippen LogP contribution in [0.4, 0.5) is 10.6 Å². The SMILES string of the molecule is C[C@@H](NC(=O)NCc1ccc(N2CCCC2)nc1)c1ccccc1. The number of nitrogens with one attached hydrogen (secondary N) is 2. The van der Waals surface area contributed by atoms with Gasteiger partial charge in [0.05, 0.1) is 6.04 Å². The van der Waals surface area contributed by atoms with Crippen molar-refractivity contribution in [3.63, 3.8) is 0 Å². The molecule has 0 aliphatic carbocycles. The molecule has 1 aliphatic heterocycles. The zero-order chi connectivity index (χ0) is 16.8. The Morgan fingerprint density at radius 3 is 2.58 bits per heavy atom. The number of pyridine rings is 1. The third kappa shape index (κ3) is 4.25. The van der Waals surface area contributed by atoms with Gasteiger partial charge in [-0.15, -0.1) is 0 Å². The highest BCUT2D eigenvalue weighted by Gasteiger charge is 2.13. The molecule has 0 unspecified atom stereocenters. The minimum Gasteiger partial charge on any atom is -0.357 e. The summed E-state index contributed by atoms with van der Waals surface area (Å²) in [6, 6.07) is 13.8. The molecule has 2 heterocycles. The Morgan fingerprint density at radius 1 is 1.17 bits per heavy atom. The standard InChI is InChI=1S/C19H24N4O/c1-15(17-7-3-2-4-8-17)22-19(24)21-14-16-9-10-18(20-13-16)23-11-5-6-12-23/h2-4,7-10,13,15H,5-6,11-12,14H2,1H3,(H2,21,22,24)/t15-/m1/s1. The molecular weight excluding hydrogens is 300 g/mol. The first kappa shape index (κ1) is 16.3. The van der Waals surface area contributed by atoms with E-state index >= 15 is 0 Å². The van der Waals surface area contributed by atoms with Crippen molar-refractivity contribution in [2.45, 2.75) is 32.4 Å². The number of aromatic nitrogens is 1. The first-order chi connectivity index (χ1) is 11.7. The molecule has 126 valence electrons. The molecule has 1 aromatic heterocycles. The van der Waals surface area contributed by atoms with E-state index in [4.69, 9.17) is 0 Å². The van der Waals surface area contributed by atoms with Crippen molar-refractivity contribution in [3.8, 4) is 0 Å². The topological polar surface area (TPSA) is 57.3 Å². The van der Waals surface area contributed by atoms with Crippen LogP contribution in [-0.2, 0) is 6.54 Å². The van der Waals surface area contributed by atoms with Crippen LogP contribution in [0.2, 0.25) is 0 Å². The normalized spacial score (nSPS) is 15.1. The number of rotatable bonds is 5. The number of urea groups is 1. The molecule has 0 spiro atoms. The average Bonchev–Trinajstić information content (AvgIpc) is 3.16. The van der Waals surface area contributed by atoms with Crippen LogP contribution in [-0.4, -0.2) is 24.1 Å². The van der Waals surface area contributed by atoms with Gasteiger partial charge in [0, 0.05) is 25.8 Å². The summed E-state index contributed by atoms with van der Waals surface area (Å²) in [6.45, 7) is 4.62. The van der Waals surface area contributed by atoms with Crippen LogP contribution < -0.4 is 15.5 Å². The Labute approximate surface area is 143 Å². The molecule has 0 bridgehead atoms. The number of carbonyl (C=O) groups excluding carboxylic acids is 1. The van der Waals surface area contributed by atoms with E-state index in [1.54, 1.807) is 0 Å². The van der Waals surface area contributed by atoms with Gasteiger partial charge in [0.2, 0.25) is 0 Å². The lowest BCUT2D eigenvalue weighted by Gasteiger charge is -2.17. The van der Waals surface area contributed by atoms with E-state index in [1.165, 1.54) is 12.8 Å². The van der Waals surface area contributed by atoms with Crippen LogP contribution in [0.1, 0.15) is 36.9 Å². The fourth-order valence-corrected chi connectivity index (χ4v) is 2.91. The first-order valence-electron chi connectivity index (χ1n) is 8.51. The molecule has 5 nitrogen and oxygen atoms in total. The maximum Gasteiger partial charge on any atom is 0.315 e. The number of hydrogen-bond acceptors (Lipinski definition) is 3. The molecule has 2 amide bonds. The monoisotopic (exact) mass is 324 g/mol. The van der Waals surface area contributed by atoms with Gasteiger partial charge in [0.15, 0.2) is 0 Å². The summed E-state index contributed by atoms with van der Waals surface area (Å²) < 4.78 is 0. The van der Waals surface area contributed by atoms with E-state index in [2.05, 4.69) is 20.5 Å². The van der Waals surface area contributed by atoms with Crippen molar-refractivity contribution in [2.75, 3.05) is 18.0 Å². The largest absolute Gasteiger partial charge is 0.357 e. The summed E-state index contributed by atoms with van der Waals surface area (Å²) in [5, 5.41) is 5.83. The fraction of sp³-hybridized carbons (Fsp3) is 0.368. The van der Waals surface area contributed by atoms with E-state index in [0.29, 0.717) is 6.54 Å². The molecule has 1 aliphatic rings. The number of carbonyl (C=O) groups is 1. The van der Waals surface area contributed by atoms with E-state index in [0.717, 1.165) is 30.0 Å². The molecule has 3 rings (SSSR count). The van der Waals surface area contributed by atoms with Crippen molar-refractivity contribution in [1.29, 1.82) is 0 Å². The minimum absolute atomic E-state index is 0.0260. The Balaban J connectivity index is 1.47. The van der Waals surface area contributed by atoms with Crippen LogP contribution in [0.15, 0.2) is 48.7 Å². The van der Waals surface area contributed by atoms with E-state index in [-0.39, 0.29) is 12.1 Å². The van der Waals surface area contributed by atoms with Crippen molar-refractivity contribution >= 4 is 11.8 Å². The number of benzene rings is 1. The Morgan fingerprint density at radius 2 is 1.92 bits per heavy atom. The van der Waals surface area contributed by atoms with Gasteiger partial charge in [-0.25, -0.2) is 9.78 Å². The summed E-state index contributed by atoms with van der Waals surface area (Å²) >= 11 is 0. The average molecular weight is 324 g/mol. The molecule has 5 heteroatoms. The predicted octanol–water partition coefficient (Wildman–Crippen LogP) is 3.24. The minimum atomic E-state index is -0.171. The third-order valence-electron chi connectivity index (χ3n) is 4.34. The van der Waals surface area contributed by atoms with Gasteiger partial charge in [-0.2, -0.15) is 0 Å². The predicted molar refractivity (Wildman–Crippen MR) is 95.9 cm³/mol. The maximum atomic E-state index is 12.0. The van der Waals surface area contributed by atoms with Crippen molar-refractivity contribution in [3.05, 3.63) is 59.8 Å². The van der Waals surface area contributed by atoms with Gasteiger partial charge in [0.1, 0.15) is 5.82 Å². The molecule has 1 aromatic carbocycles. The van der Waals surface area contributed by atoms with Crippen molar-refractivity contribution in [2.24, 2.45) is 0 Å². The van der Waals surface area contributed by atoms with Gasteiger partial charge in [-0.1, -0.05) is 36.4 Å². The van der Waals surface area contributed by atoms with Gasteiger partial charge < -0.3 is 15.5 Å². The van der Waals surface area contributed by atoms with E-state index < -0.39 is 0 Å². The lowest BCUT2D eigenvalue weighted by atomic mass is 10.1. The van der Waals surface area contributed by atoms with Crippen molar-refractivity contribution < 1.29 is 4.79 Å². The number of anilines is 1. The Kier molecular flexibility index (Phi) is 5.31. The van der Waals surface area contributed by atoms with Crippen LogP contribution in [0.5, 0.6) is 0 Å². The molecule has 1 fully saturated rings. The smallest absolute Gasteiger partial charge is 0.315 e. The van der Waals surface area contributed by atoms with Gasteiger partial charge >= 0.3 is 6.03 Å². The van der Waals surface area contributed by atoms with Crippen LogP contribution in [0.25, 0.3) is 0 Å². The quantitative estimate of drug-likeness (QED) is 0.888. The molecule has 0 radical (unpaired) electrons. The summed E-state index contributed by atoms with van der Waals surface area (Å²) in [5.41, 5.74) is 2.09. The van der Waals surface area contributed by atoms with Gasteiger partial charge in [-0.3, -0.25) is 0 Å². The lowest BCUT2D eigenvalue weighted by molar-refractivity contribution is 0.237. The zero-order valence-electron chi connectivity index (χ0n) is 14.0. The fourth-order valence-electron chi connectivity index (χ4n) is 2.91. The molecule has 0 saturated carbocycles. The second-order valence-corrected chi connectivity index (χ2v) is 6.18. The molecule has 2 N–H and O–H groups in total.